The molecular formula is C16H19N3O. The van der Waals surface area contributed by atoms with E-state index in [0.717, 1.165) is 22.6 Å². The van der Waals surface area contributed by atoms with Gasteiger partial charge in [-0.3, -0.25) is 4.68 Å². The van der Waals surface area contributed by atoms with Crippen molar-refractivity contribution >= 4 is 0 Å². The molecule has 0 saturated carbocycles. The Balaban J connectivity index is 2.54. The van der Waals surface area contributed by atoms with Crippen molar-refractivity contribution in [2.24, 2.45) is 0 Å². The van der Waals surface area contributed by atoms with Crippen LogP contribution in [0.15, 0.2) is 30.5 Å². The van der Waals surface area contributed by atoms with Crippen molar-refractivity contribution in [3.63, 3.8) is 0 Å². The fraction of sp³-hybridized carbons (Fsp3) is 0.375. The Hall–Kier alpha value is -2.28. The van der Waals surface area contributed by atoms with Gasteiger partial charge < -0.3 is 4.74 Å². The Kier molecular flexibility index (Phi) is 3.80. The van der Waals surface area contributed by atoms with Gasteiger partial charge in [0, 0.05) is 17.3 Å². The number of benzene rings is 1. The minimum absolute atomic E-state index is 0.110. The lowest BCUT2D eigenvalue weighted by molar-refractivity contribution is 0.356. The average Bonchev–Trinajstić information content (AvgIpc) is 2.83. The van der Waals surface area contributed by atoms with E-state index in [1.54, 1.807) is 7.11 Å². The molecule has 0 fully saturated rings. The molecular weight excluding hydrogens is 250 g/mol. The summed E-state index contributed by atoms with van der Waals surface area (Å²) in [5, 5.41) is 13.6. The zero-order chi connectivity index (χ0) is 14.8. The first kappa shape index (κ1) is 14.1. The van der Waals surface area contributed by atoms with Gasteiger partial charge in [0.05, 0.1) is 30.8 Å². The highest BCUT2D eigenvalue weighted by Crippen LogP contribution is 2.28. The van der Waals surface area contributed by atoms with Crippen LogP contribution in [0.3, 0.4) is 0 Å². The van der Waals surface area contributed by atoms with Crippen molar-refractivity contribution in [3.05, 3.63) is 36.0 Å². The van der Waals surface area contributed by atoms with Crippen molar-refractivity contribution in [3.8, 4) is 23.1 Å². The van der Waals surface area contributed by atoms with Crippen LogP contribution in [0.5, 0.6) is 5.75 Å². The van der Waals surface area contributed by atoms with Crippen LogP contribution in [0.2, 0.25) is 0 Å². The number of rotatable bonds is 3. The van der Waals surface area contributed by atoms with Gasteiger partial charge in [0.1, 0.15) is 5.75 Å². The van der Waals surface area contributed by atoms with E-state index in [0.29, 0.717) is 6.42 Å². The summed E-state index contributed by atoms with van der Waals surface area (Å²) in [6, 6.07) is 9.96. The van der Waals surface area contributed by atoms with Gasteiger partial charge in [-0.1, -0.05) is 12.1 Å². The first-order valence-corrected chi connectivity index (χ1v) is 6.56. The second kappa shape index (κ2) is 5.38. The zero-order valence-electron chi connectivity index (χ0n) is 12.3. The van der Waals surface area contributed by atoms with E-state index < -0.39 is 0 Å². The quantitative estimate of drug-likeness (QED) is 0.858. The molecule has 0 spiro atoms. The highest BCUT2D eigenvalue weighted by molar-refractivity contribution is 5.65. The smallest absolute Gasteiger partial charge is 0.119 e. The van der Waals surface area contributed by atoms with Crippen LogP contribution in [0, 0.1) is 11.3 Å². The Morgan fingerprint density at radius 3 is 2.70 bits per heavy atom. The molecule has 0 atom stereocenters. The van der Waals surface area contributed by atoms with Crippen LogP contribution in [0.1, 0.15) is 26.3 Å². The van der Waals surface area contributed by atoms with Crippen molar-refractivity contribution in [1.29, 1.82) is 5.26 Å². The molecule has 0 aliphatic heterocycles. The lowest BCUT2D eigenvalue weighted by Gasteiger charge is -2.18. The maximum absolute atomic E-state index is 8.99. The van der Waals surface area contributed by atoms with Gasteiger partial charge in [-0.2, -0.15) is 10.4 Å². The maximum Gasteiger partial charge on any atom is 0.119 e. The Morgan fingerprint density at radius 1 is 1.35 bits per heavy atom. The Bertz CT molecular complexity index is 644. The highest BCUT2D eigenvalue weighted by atomic mass is 16.5. The molecule has 0 amide bonds. The molecule has 2 rings (SSSR count). The highest BCUT2D eigenvalue weighted by Gasteiger charge is 2.19. The first-order chi connectivity index (χ1) is 9.45. The molecule has 0 radical (unpaired) electrons. The molecule has 0 aliphatic carbocycles. The molecule has 104 valence electrons. The summed E-state index contributed by atoms with van der Waals surface area (Å²) in [6.45, 7) is 6.27. The summed E-state index contributed by atoms with van der Waals surface area (Å²) in [7, 11) is 1.64. The van der Waals surface area contributed by atoms with Crippen LogP contribution >= 0.6 is 0 Å². The summed E-state index contributed by atoms with van der Waals surface area (Å²) < 4.78 is 7.16. The fourth-order valence-electron chi connectivity index (χ4n) is 1.98. The predicted octanol–water partition coefficient (Wildman–Crippen LogP) is 3.38. The van der Waals surface area contributed by atoms with E-state index in [9.17, 15) is 0 Å². The third-order valence-corrected chi connectivity index (χ3v) is 3.09. The van der Waals surface area contributed by atoms with E-state index in [2.05, 4.69) is 31.9 Å². The van der Waals surface area contributed by atoms with E-state index in [1.807, 2.05) is 35.1 Å². The standard InChI is InChI=1S/C16H19N3O/c1-16(2,3)19-11-13(8-9-17)15(18-19)12-6-5-7-14(10-12)20-4/h5-7,10-11H,8H2,1-4H3. The Morgan fingerprint density at radius 2 is 2.10 bits per heavy atom. The van der Waals surface area contributed by atoms with Gasteiger partial charge in [0.2, 0.25) is 0 Å². The Labute approximate surface area is 119 Å². The molecule has 1 heterocycles. The van der Waals surface area contributed by atoms with Gasteiger partial charge in [-0.25, -0.2) is 0 Å². The number of hydrogen-bond donors (Lipinski definition) is 0. The lowest BCUT2D eigenvalue weighted by atomic mass is 10.1. The van der Waals surface area contributed by atoms with E-state index >= 15 is 0 Å². The number of hydrogen-bond acceptors (Lipinski definition) is 3. The van der Waals surface area contributed by atoms with Gasteiger partial charge >= 0.3 is 0 Å². The molecule has 4 heteroatoms. The first-order valence-electron chi connectivity index (χ1n) is 6.56. The monoisotopic (exact) mass is 269 g/mol. The van der Waals surface area contributed by atoms with Crippen molar-refractivity contribution in [1.82, 2.24) is 9.78 Å². The number of ether oxygens (including phenoxy) is 1. The lowest BCUT2D eigenvalue weighted by Crippen LogP contribution is -2.22. The minimum Gasteiger partial charge on any atom is -0.497 e. The largest absolute Gasteiger partial charge is 0.497 e. The molecule has 2 aromatic rings. The van der Waals surface area contributed by atoms with Crippen molar-refractivity contribution in [2.75, 3.05) is 7.11 Å². The summed E-state index contributed by atoms with van der Waals surface area (Å²) >= 11 is 0. The normalized spacial score (nSPS) is 11.2. The van der Waals surface area contributed by atoms with E-state index in [1.165, 1.54) is 0 Å². The summed E-state index contributed by atoms with van der Waals surface area (Å²) in [5.41, 5.74) is 2.65. The number of methoxy groups -OCH3 is 1. The number of aromatic nitrogens is 2. The molecule has 4 nitrogen and oxygen atoms in total. The maximum atomic E-state index is 8.99. The number of nitrogens with zero attached hydrogens (tertiary/aromatic N) is 3. The molecule has 0 bridgehead atoms. The summed E-state index contributed by atoms with van der Waals surface area (Å²) in [5.74, 6) is 0.788. The van der Waals surface area contributed by atoms with E-state index in [4.69, 9.17) is 10.00 Å². The fourth-order valence-corrected chi connectivity index (χ4v) is 1.98. The molecule has 1 aromatic carbocycles. The summed E-state index contributed by atoms with van der Waals surface area (Å²) in [6.07, 6.45) is 2.31. The molecule has 0 aliphatic rings. The van der Waals surface area contributed by atoms with Crippen LogP contribution in [0.4, 0.5) is 0 Å². The summed E-state index contributed by atoms with van der Waals surface area (Å²) in [4.78, 5) is 0. The van der Waals surface area contributed by atoms with Crippen LogP contribution in [0.25, 0.3) is 11.3 Å². The average molecular weight is 269 g/mol. The van der Waals surface area contributed by atoms with E-state index in [-0.39, 0.29) is 5.54 Å². The molecule has 0 saturated heterocycles. The van der Waals surface area contributed by atoms with Gasteiger partial charge in [0.25, 0.3) is 0 Å². The molecule has 0 N–H and O–H groups in total. The van der Waals surface area contributed by atoms with Gasteiger partial charge in [0.15, 0.2) is 0 Å². The van der Waals surface area contributed by atoms with Gasteiger partial charge in [-0.05, 0) is 32.9 Å². The molecule has 1 aromatic heterocycles. The van der Waals surface area contributed by atoms with Crippen LogP contribution in [-0.2, 0) is 12.0 Å². The van der Waals surface area contributed by atoms with Crippen LogP contribution < -0.4 is 4.74 Å². The topological polar surface area (TPSA) is 50.8 Å². The SMILES string of the molecule is COc1cccc(-c2nn(C(C)(C)C)cc2CC#N)c1. The number of nitriles is 1. The second-order valence-electron chi connectivity index (χ2n) is 5.69. The van der Waals surface area contributed by atoms with Crippen molar-refractivity contribution < 1.29 is 4.74 Å². The third-order valence-electron chi connectivity index (χ3n) is 3.09. The predicted molar refractivity (Wildman–Crippen MR) is 78.5 cm³/mol. The van der Waals surface area contributed by atoms with Crippen molar-refractivity contribution in [2.45, 2.75) is 32.7 Å². The molecule has 0 unspecified atom stereocenters. The van der Waals surface area contributed by atoms with Gasteiger partial charge in [-0.15, -0.1) is 0 Å². The third kappa shape index (κ3) is 2.83. The molecule has 20 heavy (non-hydrogen) atoms. The second-order valence-corrected chi connectivity index (χ2v) is 5.69. The zero-order valence-corrected chi connectivity index (χ0v) is 12.3. The van der Waals surface area contributed by atoms with Crippen LogP contribution in [-0.4, -0.2) is 16.9 Å². The minimum atomic E-state index is -0.110.